The van der Waals surface area contributed by atoms with Gasteiger partial charge in [0.05, 0.1) is 12.0 Å². The van der Waals surface area contributed by atoms with Crippen molar-refractivity contribution in [2.24, 2.45) is 5.92 Å². The molecule has 1 aromatic carbocycles. The molecule has 1 saturated heterocycles. The van der Waals surface area contributed by atoms with Crippen molar-refractivity contribution in [1.82, 2.24) is 10.2 Å². The van der Waals surface area contributed by atoms with Crippen LogP contribution in [-0.2, 0) is 0 Å². The number of ether oxygens (including phenoxy) is 1. The summed E-state index contributed by atoms with van der Waals surface area (Å²) in [5.74, 6) is 0.753. The largest absolute Gasteiger partial charge is 0.490 e. The molecule has 1 aliphatic heterocycles. The van der Waals surface area contributed by atoms with Crippen molar-refractivity contribution in [3.8, 4) is 5.75 Å². The molecule has 1 fully saturated rings. The number of methoxy groups -OCH3 is 1. The molecular weight excluding hydrogens is 353 g/mol. The van der Waals surface area contributed by atoms with Gasteiger partial charge in [0.1, 0.15) is 0 Å². The van der Waals surface area contributed by atoms with Crippen LogP contribution in [0.3, 0.4) is 0 Å². The number of nitro groups is 1. The maximum atomic E-state index is 11.3. The van der Waals surface area contributed by atoms with Crippen LogP contribution in [0.25, 0.3) is 0 Å². The van der Waals surface area contributed by atoms with Gasteiger partial charge in [-0.1, -0.05) is 26.3 Å². The van der Waals surface area contributed by atoms with Crippen molar-refractivity contribution >= 4 is 30.5 Å². The minimum Gasteiger partial charge on any atom is -0.490 e. The summed E-state index contributed by atoms with van der Waals surface area (Å²) in [4.78, 5) is 13.3. The molecular formula is C16H27Cl2N3O3. The zero-order chi connectivity index (χ0) is 16.1. The van der Waals surface area contributed by atoms with Crippen LogP contribution in [0, 0.1) is 16.0 Å². The molecule has 0 amide bonds. The summed E-state index contributed by atoms with van der Waals surface area (Å²) in [6, 6.07) is 5.56. The van der Waals surface area contributed by atoms with Crippen LogP contribution in [0.2, 0.25) is 0 Å². The molecule has 2 atom stereocenters. The first-order chi connectivity index (χ1) is 10.6. The summed E-state index contributed by atoms with van der Waals surface area (Å²) in [6.07, 6.45) is 1.04. The highest BCUT2D eigenvalue weighted by atomic mass is 35.5. The minimum absolute atomic E-state index is 0. The number of halogens is 2. The van der Waals surface area contributed by atoms with Gasteiger partial charge in [0.15, 0.2) is 5.75 Å². The Morgan fingerprint density at radius 3 is 2.46 bits per heavy atom. The van der Waals surface area contributed by atoms with Gasteiger partial charge in [-0.15, -0.1) is 24.8 Å². The van der Waals surface area contributed by atoms with Gasteiger partial charge in [0.25, 0.3) is 0 Å². The minimum atomic E-state index is -0.367. The Morgan fingerprint density at radius 2 is 1.96 bits per heavy atom. The molecule has 0 bridgehead atoms. The van der Waals surface area contributed by atoms with Gasteiger partial charge in [0, 0.05) is 38.3 Å². The number of hydrogen-bond donors (Lipinski definition) is 1. The summed E-state index contributed by atoms with van der Waals surface area (Å²) in [7, 11) is 1.46. The van der Waals surface area contributed by atoms with Gasteiger partial charge in [0.2, 0.25) is 0 Å². The van der Waals surface area contributed by atoms with Crippen LogP contribution in [-0.4, -0.2) is 43.1 Å². The number of hydrogen-bond acceptors (Lipinski definition) is 5. The lowest BCUT2D eigenvalue weighted by molar-refractivity contribution is -0.385. The van der Waals surface area contributed by atoms with E-state index in [1.807, 2.05) is 6.07 Å². The fourth-order valence-electron chi connectivity index (χ4n) is 3.12. The lowest BCUT2D eigenvalue weighted by Gasteiger charge is -2.38. The highest BCUT2D eigenvalue weighted by Crippen LogP contribution is 2.36. The molecule has 0 saturated carbocycles. The molecule has 0 aliphatic carbocycles. The van der Waals surface area contributed by atoms with E-state index >= 15 is 0 Å². The molecule has 1 aromatic rings. The first-order valence-corrected chi connectivity index (χ1v) is 7.85. The average Bonchev–Trinajstić information content (AvgIpc) is 2.55. The maximum absolute atomic E-state index is 11.3. The third kappa shape index (κ3) is 5.21. The summed E-state index contributed by atoms with van der Waals surface area (Å²) in [6.45, 7) is 8.24. The zero-order valence-corrected chi connectivity index (χ0v) is 16.0. The predicted molar refractivity (Wildman–Crippen MR) is 101 cm³/mol. The SMILES string of the molecule is CCC(C)[C@@H](c1ccc(OC)c([N+](=O)[O-])c1)N1CCNCC1.Cl.Cl. The van der Waals surface area contributed by atoms with E-state index in [1.54, 1.807) is 12.1 Å². The van der Waals surface area contributed by atoms with Crippen LogP contribution < -0.4 is 10.1 Å². The van der Waals surface area contributed by atoms with E-state index in [-0.39, 0.29) is 41.5 Å². The predicted octanol–water partition coefficient (Wildman–Crippen LogP) is 3.44. The Labute approximate surface area is 155 Å². The molecule has 1 heterocycles. The molecule has 1 N–H and O–H groups in total. The highest BCUT2D eigenvalue weighted by Gasteiger charge is 2.28. The summed E-state index contributed by atoms with van der Waals surface area (Å²) < 4.78 is 5.11. The molecule has 24 heavy (non-hydrogen) atoms. The molecule has 8 heteroatoms. The van der Waals surface area contributed by atoms with Crippen LogP contribution in [0.4, 0.5) is 5.69 Å². The van der Waals surface area contributed by atoms with E-state index in [2.05, 4.69) is 24.1 Å². The number of rotatable bonds is 6. The van der Waals surface area contributed by atoms with E-state index in [0.29, 0.717) is 11.7 Å². The lowest BCUT2D eigenvalue weighted by Crippen LogP contribution is -2.46. The lowest BCUT2D eigenvalue weighted by atomic mass is 9.90. The van der Waals surface area contributed by atoms with E-state index < -0.39 is 0 Å². The summed E-state index contributed by atoms with van der Waals surface area (Å²) >= 11 is 0. The van der Waals surface area contributed by atoms with Gasteiger partial charge >= 0.3 is 5.69 Å². The van der Waals surface area contributed by atoms with Gasteiger partial charge in [-0.25, -0.2) is 0 Å². The van der Waals surface area contributed by atoms with E-state index in [1.165, 1.54) is 7.11 Å². The molecule has 1 unspecified atom stereocenters. The smallest absolute Gasteiger partial charge is 0.311 e. The Balaban J connectivity index is 0.00000264. The molecule has 0 radical (unpaired) electrons. The quantitative estimate of drug-likeness (QED) is 0.605. The third-order valence-electron chi connectivity index (χ3n) is 4.47. The van der Waals surface area contributed by atoms with Crippen molar-refractivity contribution in [2.45, 2.75) is 26.3 Å². The summed E-state index contributed by atoms with van der Waals surface area (Å²) in [5, 5.41) is 14.6. The van der Waals surface area contributed by atoms with Crippen molar-refractivity contribution in [2.75, 3.05) is 33.3 Å². The van der Waals surface area contributed by atoms with Gasteiger partial charge in [-0.2, -0.15) is 0 Å². The van der Waals surface area contributed by atoms with Gasteiger partial charge in [-0.3, -0.25) is 15.0 Å². The second-order valence-corrected chi connectivity index (χ2v) is 5.80. The van der Waals surface area contributed by atoms with Crippen LogP contribution in [0.1, 0.15) is 31.9 Å². The second-order valence-electron chi connectivity index (χ2n) is 5.80. The Kier molecular flexibility index (Phi) is 10.2. The molecule has 2 rings (SSSR count). The molecule has 1 aliphatic rings. The molecule has 0 spiro atoms. The average molecular weight is 380 g/mol. The van der Waals surface area contributed by atoms with Gasteiger partial charge < -0.3 is 10.1 Å². The molecule has 0 aromatic heterocycles. The second kappa shape index (κ2) is 10.7. The van der Waals surface area contributed by atoms with Crippen LogP contribution >= 0.6 is 24.8 Å². The van der Waals surface area contributed by atoms with Gasteiger partial charge in [-0.05, 0) is 17.5 Å². The van der Waals surface area contributed by atoms with Crippen molar-refractivity contribution < 1.29 is 9.66 Å². The summed E-state index contributed by atoms with van der Waals surface area (Å²) in [5.41, 5.74) is 1.05. The number of nitro benzene ring substituents is 1. The fourth-order valence-corrected chi connectivity index (χ4v) is 3.12. The Bertz CT molecular complexity index is 525. The van der Waals surface area contributed by atoms with Crippen molar-refractivity contribution in [1.29, 1.82) is 0 Å². The van der Waals surface area contributed by atoms with E-state index in [0.717, 1.165) is 38.2 Å². The van der Waals surface area contributed by atoms with Crippen molar-refractivity contribution in [3.63, 3.8) is 0 Å². The molecule has 6 nitrogen and oxygen atoms in total. The number of benzene rings is 1. The van der Waals surface area contributed by atoms with Crippen LogP contribution in [0.5, 0.6) is 5.75 Å². The first-order valence-electron chi connectivity index (χ1n) is 7.85. The first kappa shape index (κ1) is 22.9. The van der Waals surface area contributed by atoms with Crippen molar-refractivity contribution in [3.05, 3.63) is 33.9 Å². The number of piperazine rings is 1. The number of nitrogens with zero attached hydrogens (tertiary/aromatic N) is 2. The zero-order valence-electron chi connectivity index (χ0n) is 14.4. The van der Waals surface area contributed by atoms with E-state index in [9.17, 15) is 10.1 Å². The highest BCUT2D eigenvalue weighted by molar-refractivity contribution is 5.85. The topological polar surface area (TPSA) is 67.6 Å². The fraction of sp³-hybridized carbons (Fsp3) is 0.625. The Morgan fingerprint density at radius 1 is 1.33 bits per heavy atom. The number of nitrogens with one attached hydrogen (secondary N) is 1. The normalized spacial score (nSPS) is 17.1. The van der Waals surface area contributed by atoms with E-state index in [4.69, 9.17) is 4.74 Å². The molecule has 138 valence electrons. The van der Waals surface area contributed by atoms with Crippen LogP contribution in [0.15, 0.2) is 18.2 Å². The third-order valence-corrected chi connectivity index (χ3v) is 4.47. The monoisotopic (exact) mass is 379 g/mol. The Hall–Kier alpha value is -1.08. The maximum Gasteiger partial charge on any atom is 0.311 e. The standard InChI is InChI=1S/C16H25N3O3.2ClH/c1-4-12(2)16(18-9-7-17-8-10-18)13-5-6-15(22-3)14(11-13)19(20)21;;/h5-6,11-12,16-17H,4,7-10H2,1-3H3;2*1H/t12?,16-;;/m0../s1.